The molecule has 0 aliphatic carbocycles. The number of hydrogen-bond donors (Lipinski definition) is 2. The first-order valence-corrected chi connectivity index (χ1v) is 9.22. The summed E-state index contributed by atoms with van der Waals surface area (Å²) in [5.74, 6) is -1.24. The fourth-order valence-electron chi connectivity index (χ4n) is 3.03. The van der Waals surface area contributed by atoms with Gasteiger partial charge in [-0.05, 0) is 51.0 Å². The highest BCUT2D eigenvalue weighted by atomic mass is 19.1. The minimum atomic E-state index is -0.755. The third-order valence-electron chi connectivity index (χ3n) is 4.44. The molecule has 2 aromatic rings. The summed E-state index contributed by atoms with van der Waals surface area (Å²) in [6, 6.07) is 5.98. The molecule has 1 aromatic heterocycles. The first-order chi connectivity index (χ1) is 12.9. The molecule has 0 bridgehead atoms. The van der Waals surface area contributed by atoms with Gasteiger partial charge in [0.15, 0.2) is 0 Å². The Bertz CT molecular complexity index is 785. The number of unbranched alkanes of at least 4 members (excludes halogenated alkanes) is 4. The SMILES string of the molecule is Cc1nn(-c2ccc(F)cc2)c(C)c1C(=O)NCCCCCCCC(=O)O. The fraction of sp³-hybridized carbons (Fsp3) is 0.450. The van der Waals surface area contributed by atoms with Crippen LogP contribution in [-0.4, -0.2) is 33.3 Å². The molecular formula is C20H26FN3O3. The lowest BCUT2D eigenvalue weighted by atomic mass is 10.1. The third kappa shape index (κ3) is 5.91. The second-order valence-electron chi connectivity index (χ2n) is 6.60. The molecule has 7 heteroatoms. The molecule has 0 fully saturated rings. The Labute approximate surface area is 158 Å². The van der Waals surface area contributed by atoms with Gasteiger partial charge in [0.1, 0.15) is 5.82 Å². The summed E-state index contributed by atoms with van der Waals surface area (Å²) >= 11 is 0. The number of carboxylic acid groups (broad SMARTS) is 1. The summed E-state index contributed by atoms with van der Waals surface area (Å²) in [7, 11) is 0. The highest BCUT2D eigenvalue weighted by Crippen LogP contribution is 2.18. The van der Waals surface area contributed by atoms with Crippen LogP contribution in [0.2, 0.25) is 0 Å². The number of aryl methyl sites for hydroxylation is 1. The molecule has 27 heavy (non-hydrogen) atoms. The largest absolute Gasteiger partial charge is 0.481 e. The minimum Gasteiger partial charge on any atom is -0.481 e. The van der Waals surface area contributed by atoms with Crippen LogP contribution in [0.1, 0.15) is 60.3 Å². The summed E-state index contributed by atoms with van der Waals surface area (Å²) in [6.45, 7) is 4.17. The first kappa shape index (κ1) is 20.6. The average Bonchev–Trinajstić information content (AvgIpc) is 2.92. The summed E-state index contributed by atoms with van der Waals surface area (Å²) in [4.78, 5) is 22.9. The number of rotatable bonds is 10. The number of nitrogens with zero attached hydrogens (tertiary/aromatic N) is 2. The Morgan fingerprint density at radius 2 is 1.70 bits per heavy atom. The monoisotopic (exact) mass is 375 g/mol. The van der Waals surface area contributed by atoms with E-state index in [1.54, 1.807) is 23.7 Å². The zero-order valence-electron chi connectivity index (χ0n) is 15.8. The lowest BCUT2D eigenvalue weighted by Crippen LogP contribution is -2.25. The average molecular weight is 375 g/mol. The third-order valence-corrected chi connectivity index (χ3v) is 4.44. The molecule has 0 saturated carbocycles. The van der Waals surface area contributed by atoms with Crippen molar-refractivity contribution >= 4 is 11.9 Å². The number of halogens is 1. The topological polar surface area (TPSA) is 84.2 Å². The van der Waals surface area contributed by atoms with Gasteiger partial charge in [-0.1, -0.05) is 19.3 Å². The van der Waals surface area contributed by atoms with Gasteiger partial charge >= 0.3 is 5.97 Å². The van der Waals surface area contributed by atoms with E-state index in [1.807, 2.05) is 6.92 Å². The van der Waals surface area contributed by atoms with Gasteiger partial charge in [0, 0.05) is 13.0 Å². The molecule has 0 spiro atoms. The number of nitrogens with one attached hydrogen (secondary N) is 1. The van der Waals surface area contributed by atoms with Crippen LogP contribution in [0.3, 0.4) is 0 Å². The van der Waals surface area contributed by atoms with Crippen molar-refractivity contribution in [2.45, 2.75) is 52.4 Å². The molecule has 6 nitrogen and oxygen atoms in total. The Morgan fingerprint density at radius 1 is 1.07 bits per heavy atom. The van der Waals surface area contributed by atoms with Gasteiger partial charge in [0.25, 0.3) is 5.91 Å². The van der Waals surface area contributed by atoms with Crippen LogP contribution in [0.25, 0.3) is 5.69 Å². The van der Waals surface area contributed by atoms with E-state index in [0.717, 1.165) is 25.7 Å². The minimum absolute atomic E-state index is 0.163. The zero-order valence-corrected chi connectivity index (χ0v) is 15.8. The van der Waals surface area contributed by atoms with E-state index < -0.39 is 5.97 Å². The molecule has 1 aromatic carbocycles. The van der Waals surface area contributed by atoms with E-state index in [4.69, 9.17) is 5.11 Å². The van der Waals surface area contributed by atoms with Crippen LogP contribution in [0.5, 0.6) is 0 Å². The second-order valence-corrected chi connectivity index (χ2v) is 6.60. The van der Waals surface area contributed by atoms with Crippen LogP contribution in [0.15, 0.2) is 24.3 Å². The lowest BCUT2D eigenvalue weighted by Gasteiger charge is -2.07. The predicted octanol–water partition coefficient (Wildman–Crippen LogP) is 3.78. The fourth-order valence-corrected chi connectivity index (χ4v) is 3.03. The van der Waals surface area contributed by atoms with Crippen molar-refractivity contribution in [3.63, 3.8) is 0 Å². The van der Waals surface area contributed by atoms with Gasteiger partial charge < -0.3 is 10.4 Å². The molecule has 2 rings (SSSR count). The van der Waals surface area contributed by atoms with Gasteiger partial charge in [-0.15, -0.1) is 0 Å². The summed E-state index contributed by atoms with van der Waals surface area (Å²) in [5, 5.41) is 15.9. The molecule has 0 saturated heterocycles. The lowest BCUT2D eigenvalue weighted by molar-refractivity contribution is -0.137. The quantitative estimate of drug-likeness (QED) is 0.619. The Morgan fingerprint density at radius 3 is 2.37 bits per heavy atom. The number of carbonyl (C=O) groups is 2. The Kier molecular flexibility index (Phi) is 7.52. The Balaban J connectivity index is 1.84. The van der Waals surface area contributed by atoms with E-state index in [9.17, 15) is 14.0 Å². The maximum Gasteiger partial charge on any atom is 0.303 e. The van der Waals surface area contributed by atoms with Crippen molar-refractivity contribution in [2.24, 2.45) is 0 Å². The van der Waals surface area contributed by atoms with Crippen LogP contribution < -0.4 is 5.32 Å². The normalized spacial score (nSPS) is 10.8. The smallest absolute Gasteiger partial charge is 0.303 e. The number of benzene rings is 1. The Hall–Kier alpha value is -2.70. The van der Waals surface area contributed by atoms with Gasteiger partial charge in [0.05, 0.1) is 22.6 Å². The van der Waals surface area contributed by atoms with Crippen molar-refractivity contribution in [3.05, 3.63) is 47.0 Å². The van der Waals surface area contributed by atoms with Crippen LogP contribution in [0, 0.1) is 19.7 Å². The van der Waals surface area contributed by atoms with Crippen LogP contribution in [0.4, 0.5) is 4.39 Å². The predicted molar refractivity (Wildman–Crippen MR) is 101 cm³/mol. The van der Waals surface area contributed by atoms with E-state index in [0.29, 0.717) is 35.6 Å². The molecule has 0 aliphatic rings. The molecule has 0 atom stereocenters. The molecule has 1 heterocycles. The van der Waals surface area contributed by atoms with E-state index in [1.165, 1.54) is 12.1 Å². The van der Waals surface area contributed by atoms with Gasteiger partial charge in [-0.25, -0.2) is 9.07 Å². The van der Waals surface area contributed by atoms with E-state index in [-0.39, 0.29) is 18.1 Å². The second kappa shape index (κ2) is 9.85. The van der Waals surface area contributed by atoms with E-state index in [2.05, 4.69) is 10.4 Å². The number of amides is 1. The summed E-state index contributed by atoms with van der Waals surface area (Å²) < 4.78 is 14.7. The first-order valence-electron chi connectivity index (χ1n) is 9.22. The van der Waals surface area contributed by atoms with Crippen molar-refractivity contribution in [3.8, 4) is 5.69 Å². The molecular weight excluding hydrogens is 349 g/mol. The standard InChI is InChI=1S/C20H26FN3O3/c1-14-19(15(2)24(23-14)17-11-9-16(21)10-12-17)20(27)22-13-7-5-3-4-6-8-18(25)26/h9-12H,3-8,13H2,1-2H3,(H,22,27)(H,25,26). The van der Waals surface area contributed by atoms with Crippen molar-refractivity contribution in [1.29, 1.82) is 0 Å². The van der Waals surface area contributed by atoms with E-state index >= 15 is 0 Å². The van der Waals surface area contributed by atoms with Gasteiger partial charge in [0.2, 0.25) is 0 Å². The van der Waals surface area contributed by atoms with Gasteiger partial charge in [-0.3, -0.25) is 9.59 Å². The highest BCUT2D eigenvalue weighted by molar-refractivity contribution is 5.96. The molecule has 0 unspecified atom stereocenters. The van der Waals surface area contributed by atoms with Crippen LogP contribution in [-0.2, 0) is 4.79 Å². The van der Waals surface area contributed by atoms with Crippen molar-refractivity contribution in [1.82, 2.24) is 15.1 Å². The number of aliphatic carboxylic acids is 1. The number of aromatic nitrogens is 2. The molecule has 1 amide bonds. The van der Waals surface area contributed by atoms with Crippen molar-refractivity contribution in [2.75, 3.05) is 6.54 Å². The molecule has 0 aliphatic heterocycles. The summed E-state index contributed by atoms with van der Waals surface area (Å²) in [5.41, 5.74) is 2.59. The summed E-state index contributed by atoms with van der Waals surface area (Å²) in [6.07, 6.45) is 4.57. The van der Waals surface area contributed by atoms with Crippen LogP contribution >= 0.6 is 0 Å². The number of hydrogen-bond acceptors (Lipinski definition) is 3. The zero-order chi connectivity index (χ0) is 19.8. The van der Waals surface area contributed by atoms with Gasteiger partial charge in [-0.2, -0.15) is 5.10 Å². The maximum atomic E-state index is 13.1. The number of carboxylic acids is 1. The molecule has 146 valence electrons. The maximum absolute atomic E-state index is 13.1. The molecule has 2 N–H and O–H groups in total. The highest BCUT2D eigenvalue weighted by Gasteiger charge is 2.19. The molecule has 0 radical (unpaired) electrons. The van der Waals surface area contributed by atoms with Crippen molar-refractivity contribution < 1.29 is 19.1 Å². The number of carbonyl (C=O) groups excluding carboxylic acids is 1.